The van der Waals surface area contributed by atoms with E-state index in [9.17, 15) is 8.42 Å². The van der Waals surface area contributed by atoms with Gasteiger partial charge in [-0.3, -0.25) is 0 Å². The Kier molecular flexibility index (Phi) is 5.92. The van der Waals surface area contributed by atoms with Crippen LogP contribution in [0, 0.1) is 5.41 Å². The molecule has 1 rings (SSSR count). The van der Waals surface area contributed by atoms with Crippen LogP contribution in [0.3, 0.4) is 0 Å². The molecular weight excluding hydrogens is 290 g/mol. The van der Waals surface area contributed by atoms with E-state index in [1.165, 1.54) is 6.26 Å². The minimum absolute atomic E-state index is 0.0479. The third kappa shape index (κ3) is 5.39. The average molecular weight is 317 g/mol. The van der Waals surface area contributed by atoms with Crippen LogP contribution in [0.25, 0.3) is 0 Å². The number of hydrogen-bond acceptors (Lipinski definition) is 6. The molecule has 1 aromatic heterocycles. The van der Waals surface area contributed by atoms with Crippen LogP contribution in [0.1, 0.15) is 58.0 Å². The molecule has 0 saturated heterocycles. The van der Waals surface area contributed by atoms with Crippen LogP contribution in [0.4, 0.5) is 0 Å². The molecule has 0 aromatic carbocycles. The number of rotatable bonds is 7. The van der Waals surface area contributed by atoms with E-state index >= 15 is 0 Å². The van der Waals surface area contributed by atoms with Crippen molar-refractivity contribution in [3.8, 4) is 0 Å². The molecule has 0 amide bonds. The summed E-state index contributed by atoms with van der Waals surface area (Å²) < 4.78 is 28.3. The molecule has 7 heteroatoms. The predicted molar refractivity (Wildman–Crippen MR) is 82.8 cm³/mol. The van der Waals surface area contributed by atoms with Gasteiger partial charge in [-0.2, -0.15) is 4.98 Å². The van der Waals surface area contributed by atoms with Crippen molar-refractivity contribution >= 4 is 9.84 Å². The molecule has 0 aliphatic rings. The zero-order chi connectivity index (χ0) is 16.3. The van der Waals surface area contributed by atoms with Gasteiger partial charge in [0.25, 0.3) is 0 Å². The summed E-state index contributed by atoms with van der Waals surface area (Å²) in [5, 5.41) is 6.54. The normalized spacial score (nSPS) is 15.9. The van der Waals surface area contributed by atoms with Crippen molar-refractivity contribution in [1.29, 1.82) is 0 Å². The van der Waals surface area contributed by atoms with Gasteiger partial charge in [0.2, 0.25) is 5.89 Å². The van der Waals surface area contributed by atoms with Crippen molar-refractivity contribution in [2.75, 3.05) is 12.8 Å². The lowest BCUT2D eigenvalue weighted by Gasteiger charge is -2.30. The fourth-order valence-electron chi connectivity index (χ4n) is 1.89. The first-order valence-electron chi connectivity index (χ1n) is 7.30. The van der Waals surface area contributed by atoms with Gasteiger partial charge in [-0.05, 0) is 25.3 Å². The van der Waals surface area contributed by atoms with Gasteiger partial charge in [-0.25, -0.2) is 8.42 Å². The summed E-state index contributed by atoms with van der Waals surface area (Å²) in [5.41, 5.74) is 0.0479. The first-order chi connectivity index (χ1) is 9.55. The third-order valence-corrected chi connectivity index (χ3v) is 5.05. The molecule has 0 bridgehead atoms. The van der Waals surface area contributed by atoms with Crippen LogP contribution in [-0.2, 0) is 16.3 Å². The Morgan fingerprint density at radius 3 is 2.43 bits per heavy atom. The standard InChI is InChI=1S/C14H27N3O3S/c1-7-8-15-11(14(3,4)5)9-12-16-13(17-20-12)10(2)21(6,18)19/h10-11,15H,7-9H2,1-6H3. The van der Waals surface area contributed by atoms with E-state index in [-0.39, 0.29) is 17.3 Å². The van der Waals surface area contributed by atoms with Crippen molar-refractivity contribution < 1.29 is 12.9 Å². The highest BCUT2D eigenvalue weighted by molar-refractivity contribution is 7.90. The number of sulfone groups is 1. The first kappa shape index (κ1) is 18.1. The van der Waals surface area contributed by atoms with E-state index in [4.69, 9.17) is 4.52 Å². The van der Waals surface area contributed by atoms with E-state index in [1.807, 2.05) is 0 Å². The molecule has 0 spiro atoms. The van der Waals surface area contributed by atoms with Gasteiger partial charge < -0.3 is 9.84 Å². The lowest BCUT2D eigenvalue weighted by molar-refractivity contribution is 0.244. The second-order valence-corrected chi connectivity index (χ2v) is 8.96. The second kappa shape index (κ2) is 6.87. The van der Waals surface area contributed by atoms with Crippen LogP contribution in [0.2, 0.25) is 0 Å². The maximum Gasteiger partial charge on any atom is 0.228 e. The molecule has 21 heavy (non-hydrogen) atoms. The quantitative estimate of drug-likeness (QED) is 0.829. The van der Waals surface area contributed by atoms with Crippen LogP contribution >= 0.6 is 0 Å². The Bertz CT molecular complexity index is 546. The fraction of sp³-hybridized carbons (Fsp3) is 0.857. The van der Waals surface area contributed by atoms with Crippen molar-refractivity contribution in [2.24, 2.45) is 5.41 Å². The molecule has 0 aliphatic carbocycles. The zero-order valence-electron chi connectivity index (χ0n) is 13.8. The molecule has 2 unspecified atom stereocenters. The summed E-state index contributed by atoms with van der Waals surface area (Å²) in [7, 11) is -3.21. The summed E-state index contributed by atoms with van der Waals surface area (Å²) >= 11 is 0. The number of nitrogens with one attached hydrogen (secondary N) is 1. The highest BCUT2D eigenvalue weighted by Gasteiger charge is 2.28. The van der Waals surface area contributed by atoms with Gasteiger partial charge in [-0.1, -0.05) is 32.9 Å². The van der Waals surface area contributed by atoms with E-state index in [0.29, 0.717) is 12.3 Å². The highest BCUT2D eigenvalue weighted by Crippen LogP contribution is 2.23. The van der Waals surface area contributed by atoms with Gasteiger partial charge in [-0.15, -0.1) is 0 Å². The monoisotopic (exact) mass is 317 g/mol. The second-order valence-electron chi connectivity index (χ2n) is 6.59. The van der Waals surface area contributed by atoms with E-state index in [1.54, 1.807) is 6.92 Å². The van der Waals surface area contributed by atoms with Gasteiger partial charge >= 0.3 is 0 Å². The summed E-state index contributed by atoms with van der Waals surface area (Å²) in [5.74, 6) is 0.708. The molecule has 0 radical (unpaired) electrons. The third-order valence-electron chi connectivity index (χ3n) is 3.55. The topological polar surface area (TPSA) is 85.1 Å². The molecule has 1 aromatic rings. The molecule has 2 atom stereocenters. The summed E-state index contributed by atoms with van der Waals surface area (Å²) in [6.45, 7) is 11.1. The number of aromatic nitrogens is 2. The van der Waals surface area contributed by atoms with Crippen molar-refractivity contribution in [1.82, 2.24) is 15.5 Å². The SMILES string of the molecule is CCCNC(Cc1nc(C(C)S(C)(=O)=O)no1)C(C)(C)C. The zero-order valence-corrected chi connectivity index (χ0v) is 14.6. The maximum absolute atomic E-state index is 11.5. The molecular formula is C14H27N3O3S. The predicted octanol–water partition coefficient (Wildman–Crippen LogP) is 2.13. The minimum atomic E-state index is -3.21. The van der Waals surface area contributed by atoms with Gasteiger partial charge in [0.15, 0.2) is 15.7 Å². The smallest absolute Gasteiger partial charge is 0.228 e. The summed E-state index contributed by atoms with van der Waals surface area (Å²) in [6.07, 6.45) is 2.81. The Balaban J connectivity index is 2.84. The lowest BCUT2D eigenvalue weighted by Crippen LogP contribution is -2.42. The van der Waals surface area contributed by atoms with Crippen LogP contribution < -0.4 is 5.32 Å². The average Bonchev–Trinajstić information content (AvgIpc) is 2.79. The molecule has 0 aliphatic heterocycles. The van der Waals surface area contributed by atoms with E-state index in [0.717, 1.165) is 13.0 Å². The van der Waals surface area contributed by atoms with Crippen LogP contribution in [0.5, 0.6) is 0 Å². The van der Waals surface area contributed by atoms with Gasteiger partial charge in [0.05, 0.1) is 0 Å². The van der Waals surface area contributed by atoms with E-state index in [2.05, 4.69) is 43.2 Å². The lowest BCUT2D eigenvalue weighted by atomic mass is 9.84. The molecule has 1 N–H and O–H groups in total. The fourth-order valence-corrected chi connectivity index (χ4v) is 2.36. The van der Waals surface area contributed by atoms with Crippen molar-refractivity contribution in [3.63, 3.8) is 0 Å². The van der Waals surface area contributed by atoms with Crippen molar-refractivity contribution in [3.05, 3.63) is 11.7 Å². The maximum atomic E-state index is 11.5. The highest BCUT2D eigenvalue weighted by atomic mass is 32.2. The Morgan fingerprint density at radius 2 is 1.95 bits per heavy atom. The Labute approximate surface area is 127 Å². The molecule has 6 nitrogen and oxygen atoms in total. The van der Waals surface area contributed by atoms with Crippen LogP contribution in [0.15, 0.2) is 4.52 Å². The number of hydrogen-bond donors (Lipinski definition) is 1. The largest absolute Gasteiger partial charge is 0.339 e. The van der Waals surface area contributed by atoms with Gasteiger partial charge in [0.1, 0.15) is 5.25 Å². The Hall–Kier alpha value is -0.950. The van der Waals surface area contributed by atoms with Crippen molar-refractivity contribution in [2.45, 2.75) is 58.8 Å². The molecule has 1 heterocycles. The first-order valence-corrected chi connectivity index (χ1v) is 9.26. The summed E-state index contributed by atoms with van der Waals surface area (Å²) in [6, 6.07) is 0.194. The van der Waals surface area contributed by atoms with E-state index < -0.39 is 15.1 Å². The molecule has 0 fully saturated rings. The molecule has 0 saturated carbocycles. The van der Waals surface area contributed by atoms with Gasteiger partial charge in [0, 0.05) is 18.7 Å². The minimum Gasteiger partial charge on any atom is -0.339 e. The summed E-state index contributed by atoms with van der Waals surface area (Å²) in [4.78, 5) is 4.24. The van der Waals surface area contributed by atoms with Crippen LogP contribution in [-0.4, -0.2) is 37.4 Å². The Morgan fingerprint density at radius 1 is 1.33 bits per heavy atom. The molecule has 122 valence electrons. The number of nitrogens with zero attached hydrogens (tertiary/aromatic N) is 2.